The molecule has 0 radical (unpaired) electrons. The van der Waals surface area contributed by atoms with Crippen LogP contribution in [0.5, 0.6) is 0 Å². The molecular weight excluding hydrogens is 130 g/mol. The number of nitrogens with zero attached hydrogens (tertiary/aromatic N) is 1. The second-order valence-electron chi connectivity index (χ2n) is 2.89. The molecule has 2 atom stereocenters. The lowest BCUT2D eigenvalue weighted by atomic mass is 10.0. The Morgan fingerprint density at radius 2 is 2.50 bits per heavy atom. The molecule has 1 fully saturated rings. The Morgan fingerprint density at radius 1 is 1.80 bits per heavy atom. The Balaban J connectivity index is 2.35. The fourth-order valence-electron chi connectivity index (χ4n) is 1.30. The van der Waals surface area contributed by atoms with E-state index in [4.69, 9.17) is 5.11 Å². The molecule has 1 aliphatic heterocycles. The van der Waals surface area contributed by atoms with Crippen molar-refractivity contribution in [3.05, 3.63) is 0 Å². The van der Waals surface area contributed by atoms with Gasteiger partial charge in [-0.25, -0.2) is 0 Å². The molecule has 3 heteroatoms. The van der Waals surface area contributed by atoms with Gasteiger partial charge in [-0.1, -0.05) is 0 Å². The highest BCUT2D eigenvalue weighted by Crippen LogP contribution is 2.17. The Hall–Kier alpha value is -0.570. The number of carbonyl (C=O) groups excluding carboxylic acids is 1. The van der Waals surface area contributed by atoms with Crippen molar-refractivity contribution in [3.8, 4) is 0 Å². The zero-order chi connectivity index (χ0) is 7.56. The van der Waals surface area contributed by atoms with E-state index in [0.29, 0.717) is 5.92 Å². The predicted octanol–water partition coefficient (Wildman–Crippen LogP) is -0.155. The minimum atomic E-state index is -0.273. The second-order valence-corrected chi connectivity index (χ2v) is 2.89. The average Bonchev–Trinajstić information content (AvgIpc) is 2.34. The smallest absolute Gasteiger partial charge is 0.209 e. The van der Waals surface area contributed by atoms with Gasteiger partial charge in [-0.15, -0.1) is 0 Å². The molecule has 0 aliphatic carbocycles. The van der Waals surface area contributed by atoms with Crippen LogP contribution in [0.1, 0.15) is 13.3 Å². The van der Waals surface area contributed by atoms with Crippen LogP contribution in [0.4, 0.5) is 0 Å². The molecule has 58 valence electrons. The summed E-state index contributed by atoms with van der Waals surface area (Å²) in [6, 6.07) is 0. The second kappa shape index (κ2) is 3.01. The number of hydrogen-bond donors (Lipinski definition) is 1. The largest absolute Gasteiger partial charge is 0.393 e. The summed E-state index contributed by atoms with van der Waals surface area (Å²) in [5.74, 6) is 0.296. The van der Waals surface area contributed by atoms with Crippen molar-refractivity contribution >= 4 is 6.41 Å². The van der Waals surface area contributed by atoms with Crippen molar-refractivity contribution < 1.29 is 9.90 Å². The van der Waals surface area contributed by atoms with Gasteiger partial charge in [0.05, 0.1) is 6.10 Å². The van der Waals surface area contributed by atoms with Gasteiger partial charge in [0.15, 0.2) is 0 Å². The zero-order valence-electron chi connectivity index (χ0n) is 6.16. The lowest BCUT2D eigenvalue weighted by Gasteiger charge is -2.12. The Morgan fingerprint density at radius 3 is 2.80 bits per heavy atom. The average molecular weight is 143 g/mol. The third kappa shape index (κ3) is 1.48. The molecule has 1 saturated heterocycles. The molecule has 0 aromatic carbocycles. The molecule has 10 heavy (non-hydrogen) atoms. The minimum Gasteiger partial charge on any atom is -0.393 e. The van der Waals surface area contributed by atoms with E-state index in [1.807, 2.05) is 0 Å². The topological polar surface area (TPSA) is 40.5 Å². The molecule has 1 aliphatic rings. The van der Waals surface area contributed by atoms with Gasteiger partial charge >= 0.3 is 0 Å². The van der Waals surface area contributed by atoms with Crippen molar-refractivity contribution in [2.45, 2.75) is 19.4 Å². The lowest BCUT2D eigenvalue weighted by molar-refractivity contribution is -0.117. The fourth-order valence-corrected chi connectivity index (χ4v) is 1.30. The van der Waals surface area contributed by atoms with Crippen LogP contribution in [0, 0.1) is 5.92 Å². The highest BCUT2D eigenvalue weighted by Gasteiger charge is 2.24. The van der Waals surface area contributed by atoms with Gasteiger partial charge in [0.1, 0.15) is 0 Å². The van der Waals surface area contributed by atoms with Gasteiger partial charge in [-0.2, -0.15) is 0 Å². The molecule has 1 N–H and O–H groups in total. The summed E-state index contributed by atoms with van der Waals surface area (Å²) in [6.07, 6.45) is 1.52. The minimum absolute atomic E-state index is 0.273. The van der Waals surface area contributed by atoms with Crippen LogP contribution in [0.2, 0.25) is 0 Å². The van der Waals surface area contributed by atoms with E-state index >= 15 is 0 Å². The van der Waals surface area contributed by atoms with Crippen LogP contribution >= 0.6 is 0 Å². The fraction of sp³-hybridized carbons (Fsp3) is 0.857. The molecule has 2 unspecified atom stereocenters. The summed E-state index contributed by atoms with van der Waals surface area (Å²) < 4.78 is 0. The summed E-state index contributed by atoms with van der Waals surface area (Å²) in [5, 5.41) is 9.12. The van der Waals surface area contributed by atoms with E-state index in [0.717, 1.165) is 25.9 Å². The van der Waals surface area contributed by atoms with Crippen molar-refractivity contribution in [1.82, 2.24) is 4.90 Å². The van der Waals surface area contributed by atoms with E-state index in [2.05, 4.69) is 0 Å². The summed E-state index contributed by atoms with van der Waals surface area (Å²) >= 11 is 0. The predicted molar refractivity (Wildman–Crippen MR) is 37.4 cm³/mol. The normalized spacial score (nSPS) is 28.6. The van der Waals surface area contributed by atoms with E-state index in [-0.39, 0.29) is 6.10 Å². The summed E-state index contributed by atoms with van der Waals surface area (Å²) in [4.78, 5) is 11.9. The van der Waals surface area contributed by atoms with Gasteiger partial charge in [-0.05, 0) is 13.3 Å². The molecule has 0 spiro atoms. The summed E-state index contributed by atoms with van der Waals surface area (Å²) in [5.41, 5.74) is 0. The monoisotopic (exact) mass is 143 g/mol. The van der Waals surface area contributed by atoms with Crippen molar-refractivity contribution in [2.24, 2.45) is 5.92 Å². The summed E-state index contributed by atoms with van der Waals surface area (Å²) in [7, 11) is 0. The Bertz CT molecular complexity index is 125. The first kappa shape index (κ1) is 7.54. The Kier molecular flexibility index (Phi) is 2.27. The lowest BCUT2D eigenvalue weighted by Crippen LogP contribution is -2.22. The van der Waals surface area contributed by atoms with E-state index in [9.17, 15) is 4.79 Å². The molecule has 0 aromatic heterocycles. The molecule has 1 amide bonds. The van der Waals surface area contributed by atoms with Crippen molar-refractivity contribution in [1.29, 1.82) is 0 Å². The van der Waals surface area contributed by atoms with Crippen LogP contribution in [-0.2, 0) is 4.79 Å². The highest BCUT2D eigenvalue weighted by molar-refractivity contribution is 5.47. The third-order valence-electron chi connectivity index (χ3n) is 2.09. The third-order valence-corrected chi connectivity index (χ3v) is 2.09. The molecular formula is C7H13NO2. The SMILES string of the molecule is CC(O)C1CCN(C=O)C1. The number of hydrogen-bond acceptors (Lipinski definition) is 2. The zero-order valence-corrected chi connectivity index (χ0v) is 6.16. The van der Waals surface area contributed by atoms with Crippen LogP contribution in [0.25, 0.3) is 0 Å². The number of aliphatic hydroxyl groups excluding tert-OH is 1. The maximum Gasteiger partial charge on any atom is 0.209 e. The first-order chi connectivity index (χ1) is 4.74. The quantitative estimate of drug-likeness (QED) is 0.546. The van der Waals surface area contributed by atoms with Gasteiger partial charge in [0.25, 0.3) is 0 Å². The van der Waals surface area contributed by atoms with Crippen LogP contribution in [0.3, 0.4) is 0 Å². The molecule has 1 heterocycles. The van der Waals surface area contributed by atoms with Crippen molar-refractivity contribution in [3.63, 3.8) is 0 Å². The molecule has 0 aromatic rings. The summed E-state index contributed by atoms with van der Waals surface area (Å²) in [6.45, 7) is 3.30. The number of amides is 1. The van der Waals surface area contributed by atoms with Gasteiger partial charge < -0.3 is 10.0 Å². The first-order valence-corrected chi connectivity index (χ1v) is 3.61. The molecule has 1 rings (SSSR count). The van der Waals surface area contributed by atoms with Crippen molar-refractivity contribution in [2.75, 3.05) is 13.1 Å². The molecule has 0 saturated carbocycles. The Labute approximate surface area is 60.6 Å². The maximum absolute atomic E-state index is 10.2. The van der Waals surface area contributed by atoms with Crippen LogP contribution in [-0.4, -0.2) is 35.6 Å². The standard InChI is InChI=1S/C7H13NO2/c1-6(10)7-2-3-8(4-7)5-9/h5-7,10H,2-4H2,1H3. The maximum atomic E-state index is 10.2. The number of rotatable bonds is 2. The van der Waals surface area contributed by atoms with Gasteiger partial charge in [0.2, 0.25) is 6.41 Å². The van der Waals surface area contributed by atoms with Gasteiger partial charge in [0, 0.05) is 19.0 Å². The van der Waals surface area contributed by atoms with Gasteiger partial charge in [-0.3, -0.25) is 4.79 Å². The van der Waals surface area contributed by atoms with Crippen LogP contribution < -0.4 is 0 Å². The number of carbonyl (C=O) groups is 1. The number of aliphatic hydroxyl groups is 1. The van der Waals surface area contributed by atoms with E-state index in [1.54, 1.807) is 11.8 Å². The van der Waals surface area contributed by atoms with Crippen LogP contribution in [0.15, 0.2) is 0 Å². The first-order valence-electron chi connectivity index (χ1n) is 3.61. The molecule has 3 nitrogen and oxygen atoms in total. The number of likely N-dealkylation sites (tertiary alicyclic amines) is 1. The highest BCUT2D eigenvalue weighted by atomic mass is 16.3. The molecule has 0 bridgehead atoms. The van der Waals surface area contributed by atoms with E-state index in [1.165, 1.54) is 0 Å². The van der Waals surface area contributed by atoms with E-state index < -0.39 is 0 Å².